The fraction of sp³-hybridized carbons (Fsp3) is 0.467. The van der Waals surface area contributed by atoms with Crippen LogP contribution in [-0.4, -0.2) is 21.6 Å². The normalized spacial score (nSPS) is 13.9. The topological polar surface area (TPSA) is 59.0 Å². The van der Waals surface area contributed by atoms with Gasteiger partial charge in [0.05, 0.1) is 12.4 Å². The van der Waals surface area contributed by atoms with E-state index >= 15 is 0 Å². The minimum Gasteiger partial charge on any atom is -0.335 e. The van der Waals surface area contributed by atoms with Crippen LogP contribution in [0.15, 0.2) is 36.2 Å². The van der Waals surface area contributed by atoms with Gasteiger partial charge in [0.1, 0.15) is 0 Å². The molecule has 0 bridgehead atoms. The van der Waals surface area contributed by atoms with Crippen LogP contribution in [0.3, 0.4) is 0 Å². The second-order valence-corrected chi connectivity index (χ2v) is 6.49. The number of urea groups is 1. The Morgan fingerprint density at radius 3 is 2.76 bits per heavy atom. The fourth-order valence-corrected chi connectivity index (χ4v) is 3.15. The zero-order valence-corrected chi connectivity index (χ0v) is 13.4. The first kappa shape index (κ1) is 15.6. The SMILES string of the molecule is CC(Cn1ccnc1)NC(=O)NC(c1cccs1)C(C)C. The highest BCUT2D eigenvalue weighted by molar-refractivity contribution is 7.10. The molecule has 0 aliphatic rings. The Balaban J connectivity index is 1.87. The smallest absolute Gasteiger partial charge is 0.315 e. The van der Waals surface area contributed by atoms with Crippen LogP contribution in [0.1, 0.15) is 31.7 Å². The minimum atomic E-state index is -0.130. The number of nitrogens with zero attached hydrogens (tertiary/aromatic N) is 2. The van der Waals surface area contributed by atoms with Crippen molar-refractivity contribution in [3.63, 3.8) is 0 Å². The van der Waals surface area contributed by atoms with E-state index in [9.17, 15) is 4.79 Å². The quantitative estimate of drug-likeness (QED) is 0.862. The average Bonchev–Trinajstić information content (AvgIpc) is 3.07. The molecule has 114 valence electrons. The average molecular weight is 306 g/mol. The van der Waals surface area contributed by atoms with Crippen molar-refractivity contribution in [1.29, 1.82) is 0 Å². The zero-order valence-electron chi connectivity index (χ0n) is 12.6. The van der Waals surface area contributed by atoms with Gasteiger partial charge in [-0.2, -0.15) is 0 Å². The second kappa shape index (κ2) is 7.26. The largest absolute Gasteiger partial charge is 0.335 e. The highest BCUT2D eigenvalue weighted by Gasteiger charge is 2.19. The molecule has 0 aliphatic heterocycles. The predicted molar refractivity (Wildman–Crippen MR) is 85.3 cm³/mol. The van der Waals surface area contributed by atoms with E-state index < -0.39 is 0 Å². The molecule has 2 atom stereocenters. The molecule has 5 nitrogen and oxygen atoms in total. The summed E-state index contributed by atoms with van der Waals surface area (Å²) in [5.41, 5.74) is 0. The number of aromatic nitrogens is 2. The summed E-state index contributed by atoms with van der Waals surface area (Å²) in [4.78, 5) is 17.3. The van der Waals surface area contributed by atoms with Gasteiger partial charge in [0, 0.05) is 29.9 Å². The van der Waals surface area contributed by atoms with E-state index in [0.717, 1.165) is 0 Å². The minimum absolute atomic E-state index is 0.0374. The maximum Gasteiger partial charge on any atom is 0.315 e. The van der Waals surface area contributed by atoms with E-state index in [1.807, 2.05) is 29.1 Å². The van der Waals surface area contributed by atoms with Crippen LogP contribution in [0.2, 0.25) is 0 Å². The zero-order chi connectivity index (χ0) is 15.2. The van der Waals surface area contributed by atoms with Crippen molar-refractivity contribution >= 4 is 17.4 Å². The van der Waals surface area contributed by atoms with Gasteiger partial charge >= 0.3 is 6.03 Å². The first-order chi connectivity index (χ1) is 10.1. The van der Waals surface area contributed by atoms with Crippen LogP contribution in [0.25, 0.3) is 0 Å². The molecule has 2 amide bonds. The molecule has 0 aliphatic carbocycles. The molecule has 2 rings (SSSR count). The van der Waals surface area contributed by atoms with Crippen LogP contribution in [-0.2, 0) is 6.54 Å². The third kappa shape index (κ3) is 4.60. The van der Waals surface area contributed by atoms with E-state index in [1.165, 1.54) is 4.88 Å². The van der Waals surface area contributed by atoms with E-state index in [-0.39, 0.29) is 18.1 Å². The maximum absolute atomic E-state index is 12.1. The first-order valence-corrected chi connectivity index (χ1v) is 8.00. The molecular formula is C15H22N4OS. The Labute approximate surface area is 129 Å². The molecular weight excluding hydrogens is 284 g/mol. The van der Waals surface area contributed by atoms with Gasteiger partial charge in [0.25, 0.3) is 0 Å². The molecule has 2 aromatic heterocycles. The van der Waals surface area contributed by atoms with Crippen molar-refractivity contribution in [3.05, 3.63) is 41.1 Å². The van der Waals surface area contributed by atoms with Gasteiger partial charge in [-0.05, 0) is 24.3 Å². The molecule has 0 saturated heterocycles. The van der Waals surface area contributed by atoms with E-state index in [0.29, 0.717) is 12.5 Å². The molecule has 2 N–H and O–H groups in total. The van der Waals surface area contributed by atoms with Gasteiger partial charge in [0.2, 0.25) is 0 Å². The molecule has 0 spiro atoms. The number of carbonyl (C=O) groups is 1. The van der Waals surface area contributed by atoms with Crippen LogP contribution in [0.4, 0.5) is 4.79 Å². The third-order valence-corrected chi connectivity index (χ3v) is 4.18. The summed E-state index contributed by atoms with van der Waals surface area (Å²) in [5.74, 6) is 0.346. The maximum atomic E-state index is 12.1. The lowest BCUT2D eigenvalue weighted by atomic mass is 10.0. The molecule has 0 saturated carbocycles. The first-order valence-electron chi connectivity index (χ1n) is 7.12. The van der Waals surface area contributed by atoms with Crippen molar-refractivity contribution in [3.8, 4) is 0 Å². The molecule has 21 heavy (non-hydrogen) atoms. The molecule has 0 fully saturated rings. The Morgan fingerprint density at radius 1 is 1.38 bits per heavy atom. The Kier molecular flexibility index (Phi) is 5.38. The van der Waals surface area contributed by atoms with Crippen LogP contribution >= 0.6 is 11.3 Å². The van der Waals surface area contributed by atoms with Crippen molar-refractivity contribution < 1.29 is 4.79 Å². The van der Waals surface area contributed by atoms with E-state index in [4.69, 9.17) is 0 Å². The van der Waals surface area contributed by atoms with Gasteiger partial charge in [-0.1, -0.05) is 19.9 Å². The third-order valence-electron chi connectivity index (χ3n) is 3.22. The van der Waals surface area contributed by atoms with Crippen LogP contribution in [0.5, 0.6) is 0 Å². The number of hydrogen-bond acceptors (Lipinski definition) is 3. The summed E-state index contributed by atoms with van der Waals surface area (Å²) in [6, 6.07) is 4.02. The Morgan fingerprint density at radius 2 is 2.19 bits per heavy atom. The number of amides is 2. The lowest BCUT2D eigenvalue weighted by Gasteiger charge is -2.23. The molecule has 0 radical (unpaired) electrons. The number of hydrogen-bond donors (Lipinski definition) is 2. The van der Waals surface area contributed by atoms with Gasteiger partial charge in [-0.3, -0.25) is 0 Å². The van der Waals surface area contributed by atoms with Crippen molar-refractivity contribution in [2.45, 2.75) is 39.4 Å². The van der Waals surface area contributed by atoms with Gasteiger partial charge in [-0.25, -0.2) is 9.78 Å². The van der Waals surface area contributed by atoms with E-state index in [2.05, 4.69) is 35.5 Å². The van der Waals surface area contributed by atoms with Crippen LogP contribution in [0, 0.1) is 5.92 Å². The van der Waals surface area contributed by atoms with Gasteiger partial charge in [0.15, 0.2) is 0 Å². The number of nitrogens with one attached hydrogen (secondary N) is 2. The Bertz CT molecular complexity index is 536. The van der Waals surface area contributed by atoms with E-state index in [1.54, 1.807) is 23.9 Å². The highest BCUT2D eigenvalue weighted by atomic mass is 32.1. The van der Waals surface area contributed by atoms with Gasteiger partial charge in [-0.15, -0.1) is 11.3 Å². The molecule has 2 unspecified atom stereocenters. The highest BCUT2D eigenvalue weighted by Crippen LogP contribution is 2.25. The second-order valence-electron chi connectivity index (χ2n) is 5.52. The number of thiophene rings is 1. The summed E-state index contributed by atoms with van der Waals surface area (Å²) >= 11 is 1.67. The fourth-order valence-electron chi connectivity index (χ4n) is 2.20. The van der Waals surface area contributed by atoms with Crippen molar-refractivity contribution in [2.24, 2.45) is 5.92 Å². The Hall–Kier alpha value is -1.82. The number of rotatable bonds is 6. The van der Waals surface area contributed by atoms with Gasteiger partial charge < -0.3 is 15.2 Å². The summed E-state index contributed by atoms with van der Waals surface area (Å²) in [7, 11) is 0. The molecule has 0 aromatic carbocycles. The number of carbonyl (C=O) groups excluding carboxylic acids is 1. The molecule has 2 aromatic rings. The summed E-state index contributed by atoms with van der Waals surface area (Å²) in [6.07, 6.45) is 5.37. The van der Waals surface area contributed by atoms with Crippen molar-refractivity contribution in [1.82, 2.24) is 20.2 Å². The summed E-state index contributed by atoms with van der Waals surface area (Å²) < 4.78 is 1.95. The monoisotopic (exact) mass is 306 g/mol. The lowest BCUT2D eigenvalue weighted by molar-refractivity contribution is 0.229. The van der Waals surface area contributed by atoms with Crippen molar-refractivity contribution in [2.75, 3.05) is 0 Å². The van der Waals surface area contributed by atoms with Crippen LogP contribution < -0.4 is 10.6 Å². The standard InChI is InChI=1S/C15H22N4OS/c1-11(2)14(13-5-4-8-21-13)18-15(20)17-12(3)9-19-7-6-16-10-19/h4-8,10-12,14H,9H2,1-3H3,(H2,17,18,20). The lowest BCUT2D eigenvalue weighted by Crippen LogP contribution is -2.44. The molecule has 6 heteroatoms. The summed E-state index contributed by atoms with van der Waals surface area (Å²) in [5, 5.41) is 8.07. The number of imidazole rings is 1. The molecule has 2 heterocycles. The summed E-state index contributed by atoms with van der Waals surface area (Å²) in [6.45, 7) is 6.91. The predicted octanol–water partition coefficient (Wildman–Crippen LogP) is 3.03.